The smallest absolute Gasteiger partial charge is 0.159 e. The average molecular weight is 241 g/mol. The molecule has 94 valence electrons. The van der Waals surface area contributed by atoms with Gasteiger partial charge in [0, 0.05) is 30.1 Å². The lowest BCUT2D eigenvalue weighted by Gasteiger charge is -2.18. The van der Waals surface area contributed by atoms with Gasteiger partial charge >= 0.3 is 0 Å². The van der Waals surface area contributed by atoms with E-state index in [2.05, 4.69) is 55.0 Å². The van der Waals surface area contributed by atoms with Crippen molar-refractivity contribution in [1.82, 2.24) is 9.97 Å². The van der Waals surface area contributed by atoms with Crippen molar-refractivity contribution in [3.8, 4) is 11.4 Å². The van der Waals surface area contributed by atoms with E-state index >= 15 is 0 Å². The second-order valence-corrected chi connectivity index (χ2v) is 5.45. The van der Waals surface area contributed by atoms with Gasteiger partial charge in [-0.2, -0.15) is 0 Å². The molecule has 0 saturated carbocycles. The maximum absolute atomic E-state index is 5.53. The summed E-state index contributed by atoms with van der Waals surface area (Å²) in [5.41, 5.74) is 8.99. The maximum Gasteiger partial charge on any atom is 0.159 e. The SMILES string of the molecule is CC(C)(C)c1ccc(-c2ncc(CN)cn2)cc1. The predicted molar refractivity (Wildman–Crippen MR) is 74.1 cm³/mol. The third-order valence-corrected chi connectivity index (χ3v) is 2.95. The van der Waals surface area contributed by atoms with E-state index in [9.17, 15) is 0 Å². The van der Waals surface area contributed by atoms with E-state index in [1.54, 1.807) is 12.4 Å². The van der Waals surface area contributed by atoms with Gasteiger partial charge < -0.3 is 5.73 Å². The molecule has 0 amide bonds. The Morgan fingerprint density at radius 2 is 1.56 bits per heavy atom. The zero-order valence-electron chi connectivity index (χ0n) is 11.1. The van der Waals surface area contributed by atoms with E-state index in [1.807, 2.05) is 0 Å². The monoisotopic (exact) mass is 241 g/mol. The van der Waals surface area contributed by atoms with Crippen LogP contribution in [-0.2, 0) is 12.0 Å². The number of hydrogen-bond donors (Lipinski definition) is 1. The van der Waals surface area contributed by atoms with Gasteiger partial charge in [-0.3, -0.25) is 0 Å². The zero-order chi connectivity index (χ0) is 13.2. The highest BCUT2D eigenvalue weighted by Gasteiger charge is 2.13. The van der Waals surface area contributed by atoms with Crippen LogP contribution >= 0.6 is 0 Å². The molecule has 3 nitrogen and oxygen atoms in total. The molecule has 1 aromatic carbocycles. The summed E-state index contributed by atoms with van der Waals surface area (Å²) in [5, 5.41) is 0. The summed E-state index contributed by atoms with van der Waals surface area (Å²) >= 11 is 0. The summed E-state index contributed by atoms with van der Waals surface area (Å²) in [4.78, 5) is 8.64. The van der Waals surface area contributed by atoms with Crippen molar-refractivity contribution in [1.29, 1.82) is 0 Å². The molecule has 18 heavy (non-hydrogen) atoms. The first kappa shape index (κ1) is 12.7. The highest BCUT2D eigenvalue weighted by Crippen LogP contribution is 2.24. The van der Waals surface area contributed by atoms with Crippen LogP contribution in [0.15, 0.2) is 36.7 Å². The van der Waals surface area contributed by atoms with Gasteiger partial charge in [0.05, 0.1) is 0 Å². The fourth-order valence-electron chi connectivity index (χ4n) is 1.73. The van der Waals surface area contributed by atoms with Crippen LogP contribution in [0.25, 0.3) is 11.4 Å². The molecule has 0 aliphatic heterocycles. The molecular formula is C15H19N3. The van der Waals surface area contributed by atoms with Crippen molar-refractivity contribution in [2.45, 2.75) is 32.7 Å². The minimum atomic E-state index is 0.169. The fourth-order valence-corrected chi connectivity index (χ4v) is 1.73. The van der Waals surface area contributed by atoms with Gasteiger partial charge in [-0.15, -0.1) is 0 Å². The third kappa shape index (κ3) is 2.74. The van der Waals surface area contributed by atoms with E-state index in [0.717, 1.165) is 17.0 Å². The van der Waals surface area contributed by atoms with Crippen LogP contribution in [0.5, 0.6) is 0 Å². The van der Waals surface area contributed by atoms with Crippen LogP contribution in [0.2, 0.25) is 0 Å². The van der Waals surface area contributed by atoms with Crippen LogP contribution < -0.4 is 5.73 Å². The van der Waals surface area contributed by atoms with Gasteiger partial charge in [-0.1, -0.05) is 45.0 Å². The molecule has 0 spiro atoms. The van der Waals surface area contributed by atoms with E-state index in [0.29, 0.717) is 6.54 Å². The van der Waals surface area contributed by atoms with Gasteiger partial charge in [0.2, 0.25) is 0 Å². The van der Waals surface area contributed by atoms with Crippen LogP contribution in [0.1, 0.15) is 31.9 Å². The van der Waals surface area contributed by atoms with Crippen LogP contribution in [-0.4, -0.2) is 9.97 Å². The Kier molecular flexibility index (Phi) is 3.43. The van der Waals surface area contributed by atoms with Gasteiger partial charge in [-0.05, 0) is 11.0 Å². The normalized spacial score (nSPS) is 11.6. The molecule has 1 aromatic heterocycles. The molecule has 0 fully saturated rings. The van der Waals surface area contributed by atoms with Crippen molar-refractivity contribution < 1.29 is 0 Å². The number of hydrogen-bond acceptors (Lipinski definition) is 3. The molecule has 0 atom stereocenters. The molecule has 0 aliphatic carbocycles. The lowest BCUT2D eigenvalue weighted by atomic mass is 9.87. The quantitative estimate of drug-likeness (QED) is 0.879. The Morgan fingerprint density at radius 1 is 1.00 bits per heavy atom. The highest BCUT2D eigenvalue weighted by molar-refractivity contribution is 5.55. The van der Waals surface area contributed by atoms with Crippen molar-refractivity contribution in [3.63, 3.8) is 0 Å². The minimum absolute atomic E-state index is 0.169. The van der Waals surface area contributed by atoms with Gasteiger partial charge in [0.1, 0.15) is 0 Å². The first-order chi connectivity index (χ1) is 8.50. The maximum atomic E-state index is 5.53. The molecule has 0 unspecified atom stereocenters. The molecule has 3 heteroatoms. The summed E-state index contributed by atoms with van der Waals surface area (Å²) < 4.78 is 0. The second kappa shape index (κ2) is 4.86. The molecule has 0 aliphatic rings. The topological polar surface area (TPSA) is 51.8 Å². The number of nitrogens with two attached hydrogens (primary N) is 1. The molecule has 2 N–H and O–H groups in total. The standard InChI is InChI=1S/C15H19N3/c1-15(2,3)13-6-4-12(5-7-13)14-17-9-11(8-16)10-18-14/h4-7,9-10H,8,16H2,1-3H3. The van der Waals surface area contributed by atoms with Crippen LogP contribution in [0, 0.1) is 0 Å². The lowest BCUT2D eigenvalue weighted by Crippen LogP contribution is -2.10. The molecule has 2 aromatic rings. The summed E-state index contributed by atoms with van der Waals surface area (Å²) in [7, 11) is 0. The minimum Gasteiger partial charge on any atom is -0.326 e. The number of rotatable bonds is 2. The third-order valence-electron chi connectivity index (χ3n) is 2.95. The summed E-state index contributed by atoms with van der Waals surface area (Å²) in [6, 6.07) is 8.40. The summed E-state index contributed by atoms with van der Waals surface area (Å²) in [5.74, 6) is 0.743. The van der Waals surface area contributed by atoms with Gasteiger partial charge in [0.25, 0.3) is 0 Å². The molecule has 0 saturated heterocycles. The van der Waals surface area contributed by atoms with Crippen LogP contribution in [0.4, 0.5) is 0 Å². The Morgan fingerprint density at radius 3 is 2.00 bits per heavy atom. The van der Waals surface area contributed by atoms with Crippen molar-refractivity contribution in [2.24, 2.45) is 5.73 Å². The Labute approximate surface area is 108 Å². The fraction of sp³-hybridized carbons (Fsp3) is 0.333. The second-order valence-electron chi connectivity index (χ2n) is 5.45. The van der Waals surface area contributed by atoms with Crippen molar-refractivity contribution >= 4 is 0 Å². The first-order valence-electron chi connectivity index (χ1n) is 6.12. The number of aromatic nitrogens is 2. The molecular weight excluding hydrogens is 222 g/mol. The number of nitrogens with zero attached hydrogens (tertiary/aromatic N) is 2. The summed E-state index contributed by atoms with van der Waals surface area (Å²) in [6.45, 7) is 7.08. The van der Waals surface area contributed by atoms with Gasteiger partial charge in [0.15, 0.2) is 5.82 Å². The first-order valence-corrected chi connectivity index (χ1v) is 6.12. The molecule has 0 bridgehead atoms. The molecule has 2 rings (SSSR count). The van der Waals surface area contributed by atoms with Crippen LogP contribution in [0.3, 0.4) is 0 Å². The molecule has 1 heterocycles. The average Bonchev–Trinajstić information content (AvgIpc) is 2.38. The van der Waals surface area contributed by atoms with Crippen molar-refractivity contribution in [3.05, 3.63) is 47.8 Å². The van der Waals surface area contributed by atoms with E-state index in [4.69, 9.17) is 5.73 Å². The number of benzene rings is 1. The molecule has 0 radical (unpaired) electrons. The lowest BCUT2D eigenvalue weighted by molar-refractivity contribution is 0.590. The van der Waals surface area contributed by atoms with E-state index < -0.39 is 0 Å². The highest BCUT2D eigenvalue weighted by atomic mass is 14.9. The summed E-state index contributed by atoms with van der Waals surface area (Å²) in [6.07, 6.45) is 3.56. The van der Waals surface area contributed by atoms with E-state index in [-0.39, 0.29) is 5.41 Å². The van der Waals surface area contributed by atoms with E-state index in [1.165, 1.54) is 5.56 Å². The van der Waals surface area contributed by atoms with Crippen molar-refractivity contribution in [2.75, 3.05) is 0 Å². The van der Waals surface area contributed by atoms with Gasteiger partial charge in [-0.25, -0.2) is 9.97 Å². The predicted octanol–water partition coefficient (Wildman–Crippen LogP) is 2.90. The Hall–Kier alpha value is -1.74. The largest absolute Gasteiger partial charge is 0.326 e. The Balaban J connectivity index is 2.28. The Bertz CT molecular complexity index is 507. The zero-order valence-corrected chi connectivity index (χ0v) is 11.1.